The van der Waals surface area contributed by atoms with Gasteiger partial charge in [-0.1, -0.05) is 11.3 Å². The van der Waals surface area contributed by atoms with Crippen molar-refractivity contribution in [1.29, 1.82) is 0 Å². The highest BCUT2D eigenvalue weighted by Crippen LogP contribution is 2.17. The molecule has 0 aliphatic carbocycles. The summed E-state index contributed by atoms with van der Waals surface area (Å²) in [4.78, 5) is 5.06. The Morgan fingerprint density at radius 2 is 2.06 bits per heavy atom. The molecule has 1 aromatic rings. The summed E-state index contributed by atoms with van der Waals surface area (Å²) in [6.07, 6.45) is 1.74. The number of thiazole rings is 1. The van der Waals surface area contributed by atoms with E-state index in [0.717, 1.165) is 4.88 Å². The fourth-order valence-electron chi connectivity index (χ4n) is 0.976. The normalized spacial score (nSPS) is 10.6. The van der Waals surface area contributed by atoms with Crippen molar-refractivity contribution in [2.45, 2.75) is 6.61 Å². The minimum atomic E-state index is 0.535. The van der Waals surface area contributed by atoms with E-state index in [1.54, 1.807) is 13.3 Å². The quantitative estimate of drug-likeness (QED) is 0.378. The lowest BCUT2D eigenvalue weighted by Crippen LogP contribution is -2.08. The maximum Gasteiger partial charge on any atom is 0.197 e. The average molecular weight is 247 g/mol. The summed E-state index contributed by atoms with van der Waals surface area (Å²) in [6, 6.07) is 0. The number of methoxy groups -OCH3 is 1. The second kappa shape index (κ2) is 8.43. The SMILES string of the molecule is COCCOCCOCc1cnc(NN)s1. The zero-order valence-corrected chi connectivity index (χ0v) is 10.1. The number of hydrogen-bond acceptors (Lipinski definition) is 7. The molecule has 0 aromatic carbocycles. The highest BCUT2D eigenvalue weighted by molar-refractivity contribution is 7.15. The molecule has 6 nitrogen and oxygen atoms in total. The molecule has 1 rings (SSSR count). The summed E-state index contributed by atoms with van der Waals surface area (Å²) in [6.45, 7) is 2.88. The van der Waals surface area contributed by atoms with Crippen LogP contribution >= 0.6 is 11.3 Å². The van der Waals surface area contributed by atoms with Gasteiger partial charge in [-0.2, -0.15) is 0 Å². The maximum absolute atomic E-state index is 5.39. The molecule has 0 saturated carbocycles. The Hall–Kier alpha value is -0.730. The van der Waals surface area contributed by atoms with Crippen LogP contribution in [0, 0.1) is 0 Å². The third-order valence-corrected chi connectivity index (χ3v) is 2.63. The van der Waals surface area contributed by atoms with Gasteiger partial charge in [-0.05, 0) is 0 Å². The molecule has 0 amide bonds. The van der Waals surface area contributed by atoms with Gasteiger partial charge in [-0.25, -0.2) is 10.8 Å². The molecule has 0 unspecified atom stereocenters. The minimum Gasteiger partial charge on any atom is -0.382 e. The average Bonchev–Trinajstić information content (AvgIpc) is 2.76. The van der Waals surface area contributed by atoms with Crippen LogP contribution in [0.5, 0.6) is 0 Å². The van der Waals surface area contributed by atoms with Crippen molar-refractivity contribution in [2.24, 2.45) is 5.84 Å². The van der Waals surface area contributed by atoms with E-state index in [2.05, 4.69) is 10.4 Å². The predicted octanol–water partition coefficient (Wildman–Crippen LogP) is 0.608. The van der Waals surface area contributed by atoms with Crippen LogP contribution in [-0.2, 0) is 20.8 Å². The first-order chi connectivity index (χ1) is 7.86. The monoisotopic (exact) mass is 247 g/mol. The van der Waals surface area contributed by atoms with Gasteiger partial charge in [0, 0.05) is 13.3 Å². The number of ether oxygens (including phenoxy) is 3. The van der Waals surface area contributed by atoms with E-state index in [1.807, 2.05) is 0 Å². The van der Waals surface area contributed by atoms with Gasteiger partial charge < -0.3 is 14.2 Å². The molecule has 0 radical (unpaired) electrons. The number of nitrogens with one attached hydrogen (secondary N) is 1. The van der Waals surface area contributed by atoms with E-state index in [-0.39, 0.29) is 0 Å². The van der Waals surface area contributed by atoms with E-state index in [9.17, 15) is 0 Å². The van der Waals surface area contributed by atoms with Crippen LogP contribution in [0.3, 0.4) is 0 Å². The van der Waals surface area contributed by atoms with Crippen LogP contribution in [0.15, 0.2) is 6.20 Å². The Morgan fingerprint density at radius 1 is 1.31 bits per heavy atom. The van der Waals surface area contributed by atoms with Gasteiger partial charge in [0.25, 0.3) is 0 Å². The van der Waals surface area contributed by atoms with Crippen molar-refractivity contribution >= 4 is 16.5 Å². The third-order valence-electron chi connectivity index (χ3n) is 1.73. The second-order valence-electron chi connectivity index (χ2n) is 2.93. The molecule has 0 aliphatic rings. The molecule has 7 heteroatoms. The lowest BCUT2D eigenvalue weighted by Gasteiger charge is -2.03. The molecule has 0 atom stereocenters. The minimum absolute atomic E-state index is 0.535. The van der Waals surface area contributed by atoms with Crippen LogP contribution in [0.25, 0.3) is 0 Å². The van der Waals surface area contributed by atoms with E-state index in [1.165, 1.54) is 11.3 Å². The topological polar surface area (TPSA) is 78.6 Å². The Labute approximate surface area is 98.7 Å². The summed E-state index contributed by atoms with van der Waals surface area (Å²) in [5.41, 5.74) is 2.49. The molecule has 0 saturated heterocycles. The molecule has 3 N–H and O–H groups in total. The number of hydrazine groups is 1. The largest absolute Gasteiger partial charge is 0.382 e. The second-order valence-corrected chi connectivity index (χ2v) is 4.05. The summed E-state index contributed by atoms with van der Waals surface area (Å²) in [7, 11) is 1.65. The number of nitrogens with zero attached hydrogens (tertiary/aromatic N) is 1. The first-order valence-corrected chi connectivity index (χ1v) is 5.74. The zero-order chi connectivity index (χ0) is 11.6. The Morgan fingerprint density at radius 3 is 2.75 bits per heavy atom. The summed E-state index contributed by atoms with van der Waals surface area (Å²) < 4.78 is 15.5. The number of anilines is 1. The maximum atomic E-state index is 5.39. The van der Waals surface area contributed by atoms with Gasteiger partial charge in [-0.15, -0.1) is 0 Å². The molecule has 0 bridgehead atoms. The number of rotatable bonds is 9. The highest BCUT2D eigenvalue weighted by atomic mass is 32.1. The lowest BCUT2D eigenvalue weighted by atomic mass is 10.6. The van der Waals surface area contributed by atoms with E-state index in [0.29, 0.717) is 38.2 Å². The molecule has 0 fully saturated rings. The number of nitrogen functional groups attached to an aromatic ring is 1. The molecule has 0 aliphatic heterocycles. The van der Waals surface area contributed by atoms with Crippen LogP contribution in [0.1, 0.15) is 4.88 Å². The Bertz CT molecular complexity index is 283. The fourth-order valence-corrected chi connectivity index (χ4v) is 1.64. The van der Waals surface area contributed by atoms with Crippen LogP contribution in [0.2, 0.25) is 0 Å². The Balaban J connectivity index is 1.98. The molecular weight excluding hydrogens is 230 g/mol. The smallest absolute Gasteiger partial charge is 0.197 e. The summed E-state index contributed by atoms with van der Waals surface area (Å²) in [5.74, 6) is 5.21. The first kappa shape index (κ1) is 13.3. The van der Waals surface area contributed by atoms with Gasteiger partial charge in [-0.3, -0.25) is 5.43 Å². The van der Waals surface area contributed by atoms with Crippen LogP contribution in [-0.4, -0.2) is 38.5 Å². The van der Waals surface area contributed by atoms with Crippen molar-refractivity contribution < 1.29 is 14.2 Å². The number of hydrogen-bond donors (Lipinski definition) is 2. The zero-order valence-electron chi connectivity index (χ0n) is 9.27. The number of nitrogens with two attached hydrogens (primary N) is 1. The van der Waals surface area contributed by atoms with E-state index in [4.69, 9.17) is 20.1 Å². The summed E-state index contributed by atoms with van der Waals surface area (Å²) in [5, 5.41) is 0.690. The third kappa shape index (κ3) is 5.38. The van der Waals surface area contributed by atoms with Crippen molar-refractivity contribution in [1.82, 2.24) is 4.98 Å². The van der Waals surface area contributed by atoms with Crippen molar-refractivity contribution in [3.8, 4) is 0 Å². The van der Waals surface area contributed by atoms with Crippen molar-refractivity contribution in [3.05, 3.63) is 11.1 Å². The molecule has 16 heavy (non-hydrogen) atoms. The van der Waals surface area contributed by atoms with Crippen LogP contribution < -0.4 is 11.3 Å². The van der Waals surface area contributed by atoms with Crippen molar-refractivity contribution in [3.63, 3.8) is 0 Å². The van der Waals surface area contributed by atoms with Crippen LogP contribution in [0.4, 0.5) is 5.13 Å². The molecule has 1 aromatic heterocycles. The van der Waals surface area contributed by atoms with Gasteiger partial charge in [0.1, 0.15) is 0 Å². The Kier molecular flexibility index (Phi) is 7.02. The van der Waals surface area contributed by atoms with Gasteiger partial charge in [0.15, 0.2) is 5.13 Å². The molecule has 0 spiro atoms. The standard InChI is InChI=1S/C9H17N3O3S/c1-13-2-3-14-4-5-15-7-8-6-11-9(12-10)16-8/h6H,2-5,7,10H2,1H3,(H,11,12). The lowest BCUT2D eigenvalue weighted by molar-refractivity contribution is 0.0205. The number of aromatic nitrogens is 1. The molecule has 92 valence electrons. The van der Waals surface area contributed by atoms with E-state index < -0.39 is 0 Å². The molecule has 1 heterocycles. The first-order valence-electron chi connectivity index (χ1n) is 4.92. The molecular formula is C9H17N3O3S. The fraction of sp³-hybridized carbons (Fsp3) is 0.667. The van der Waals surface area contributed by atoms with Gasteiger partial charge in [0.2, 0.25) is 0 Å². The summed E-state index contributed by atoms with van der Waals surface area (Å²) >= 11 is 1.47. The van der Waals surface area contributed by atoms with Gasteiger partial charge >= 0.3 is 0 Å². The van der Waals surface area contributed by atoms with Crippen molar-refractivity contribution in [2.75, 3.05) is 39.0 Å². The predicted molar refractivity (Wildman–Crippen MR) is 62.3 cm³/mol. The highest BCUT2D eigenvalue weighted by Gasteiger charge is 1.99. The van der Waals surface area contributed by atoms with E-state index >= 15 is 0 Å². The van der Waals surface area contributed by atoms with Gasteiger partial charge in [0.05, 0.1) is 37.9 Å².